The van der Waals surface area contributed by atoms with Crippen molar-refractivity contribution in [3.8, 4) is 0 Å². The van der Waals surface area contributed by atoms with Crippen molar-refractivity contribution in [2.24, 2.45) is 12.0 Å². The maximum atomic E-state index is 13.5. The van der Waals surface area contributed by atoms with Gasteiger partial charge in [0.25, 0.3) is 0 Å². The monoisotopic (exact) mass is 545 g/mol. The Bertz CT molecular complexity index is 837. The first kappa shape index (κ1) is 25.3. The third kappa shape index (κ3) is 7.60. The number of ether oxygens (including phenoxy) is 1. The van der Waals surface area contributed by atoms with Crippen LogP contribution in [0.5, 0.6) is 0 Å². The van der Waals surface area contributed by atoms with Crippen LogP contribution in [0, 0.1) is 12.7 Å². The molecule has 1 aromatic carbocycles. The highest BCUT2D eigenvalue weighted by Gasteiger charge is 2.20. The predicted molar refractivity (Wildman–Crippen MR) is 132 cm³/mol. The first-order valence-electron chi connectivity index (χ1n) is 10.5. The Hall–Kier alpha value is -1.95. The van der Waals surface area contributed by atoms with E-state index in [1.807, 2.05) is 24.6 Å². The Morgan fingerprint density at radius 1 is 1.29 bits per heavy atom. The van der Waals surface area contributed by atoms with Gasteiger partial charge in [-0.25, -0.2) is 9.38 Å². The summed E-state index contributed by atoms with van der Waals surface area (Å²) in [5, 5.41) is 15.2. The van der Waals surface area contributed by atoms with E-state index < -0.39 is 0 Å². The minimum absolute atomic E-state index is 0. The fraction of sp³-hybridized carbons (Fsp3) is 0.571. The molecule has 0 radical (unpaired) electrons. The number of aryl methyl sites for hydroxylation is 1. The molecule has 3 rings (SSSR count). The first-order chi connectivity index (χ1) is 14.6. The van der Waals surface area contributed by atoms with Gasteiger partial charge >= 0.3 is 0 Å². The van der Waals surface area contributed by atoms with Gasteiger partial charge in [-0.2, -0.15) is 0 Å². The van der Waals surface area contributed by atoms with Gasteiger partial charge in [-0.15, -0.1) is 34.2 Å². The van der Waals surface area contributed by atoms with E-state index in [2.05, 4.69) is 25.7 Å². The van der Waals surface area contributed by atoms with Crippen molar-refractivity contribution in [3.63, 3.8) is 0 Å². The van der Waals surface area contributed by atoms with Crippen molar-refractivity contribution in [3.05, 3.63) is 41.7 Å². The van der Waals surface area contributed by atoms with Gasteiger partial charge in [-0.05, 0) is 44.4 Å². The van der Waals surface area contributed by atoms with Gasteiger partial charge in [0.1, 0.15) is 18.2 Å². The van der Waals surface area contributed by atoms with Gasteiger partial charge in [0.2, 0.25) is 0 Å². The highest BCUT2D eigenvalue weighted by Crippen LogP contribution is 2.20. The van der Waals surface area contributed by atoms with E-state index in [1.54, 1.807) is 19.2 Å². The molecule has 0 saturated carbocycles. The van der Waals surface area contributed by atoms with E-state index in [9.17, 15) is 4.39 Å². The van der Waals surface area contributed by atoms with Crippen LogP contribution in [-0.2, 0) is 18.3 Å². The molecular formula is C21H33FIN7O. The molecule has 0 atom stereocenters. The molecule has 8 nitrogen and oxygen atoms in total. The molecule has 0 aliphatic carbocycles. The van der Waals surface area contributed by atoms with E-state index in [0.717, 1.165) is 62.2 Å². The molecule has 1 aliphatic rings. The topological polar surface area (TPSA) is 79.6 Å². The van der Waals surface area contributed by atoms with Crippen molar-refractivity contribution in [1.82, 2.24) is 25.4 Å². The number of nitrogens with one attached hydrogen (secondary N) is 2. The molecule has 0 spiro atoms. The SMILES string of the molecule is COCCCNC(=NCc1nnc(C)n1C)NC1CCN(c2cccc(F)c2)CC1.I. The first-order valence-corrected chi connectivity index (χ1v) is 10.5. The zero-order valence-corrected chi connectivity index (χ0v) is 20.8. The number of rotatable bonds is 8. The summed E-state index contributed by atoms with van der Waals surface area (Å²) in [4.78, 5) is 6.94. The summed E-state index contributed by atoms with van der Waals surface area (Å²) in [6, 6.07) is 7.11. The van der Waals surface area contributed by atoms with Crippen LogP contribution < -0.4 is 15.5 Å². The molecule has 172 valence electrons. The summed E-state index contributed by atoms with van der Waals surface area (Å²) in [6.07, 6.45) is 2.81. The molecule has 0 bridgehead atoms. The van der Waals surface area contributed by atoms with Crippen LogP contribution in [0.4, 0.5) is 10.1 Å². The number of halogens is 2. The van der Waals surface area contributed by atoms with Crippen LogP contribution in [-0.4, -0.2) is 60.1 Å². The molecule has 0 amide bonds. The lowest BCUT2D eigenvalue weighted by atomic mass is 10.0. The van der Waals surface area contributed by atoms with Crippen LogP contribution in [0.2, 0.25) is 0 Å². The summed E-state index contributed by atoms with van der Waals surface area (Å²) < 4.78 is 20.6. The zero-order valence-electron chi connectivity index (χ0n) is 18.5. The van der Waals surface area contributed by atoms with Crippen LogP contribution in [0.15, 0.2) is 29.3 Å². The molecule has 1 aromatic heterocycles. The Kier molecular flexibility index (Phi) is 10.4. The Morgan fingerprint density at radius 2 is 2.06 bits per heavy atom. The number of aromatic nitrogens is 3. The standard InChI is InChI=1S/C21H32FN7O.HI/c1-16-26-27-20(28(16)2)15-24-21(23-10-5-13-30-3)25-18-8-11-29(12-9-18)19-7-4-6-17(22)14-19;/h4,6-7,14,18H,5,8-13,15H2,1-3H3,(H2,23,24,25);1H. The third-order valence-electron chi connectivity index (χ3n) is 5.39. The largest absolute Gasteiger partial charge is 0.385 e. The Labute approximate surface area is 200 Å². The second-order valence-corrected chi connectivity index (χ2v) is 7.55. The van der Waals surface area contributed by atoms with Crippen LogP contribution in [0.1, 0.15) is 30.9 Å². The van der Waals surface area contributed by atoms with E-state index in [0.29, 0.717) is 19.2 Å². The Morgan fingerprint density at radius 3 is 2.71 bits per heavy atom. The molecule has 0 unspecified atom stereocenters. The number of hydrogen-bond acceptors (Lipinski definition) is 5. The number of aliphatic imine (C=N–C) groups is 1. The number of nitrogens with zero attached hydrogens (tertiary/aromatic N) is 5. The maximum absolute atomic E-state index is 13.5. The minimum atomic E-state index is -0.193. The van der Waals surface area contributed by atoms with Crippen LogP contribution >= 0.6 is 24.0 Å². The van der Waals surface area contributed by atoms with Gasteiger partial charge in [0.15, 0.2) is 11.8 Å². The van der Waals surface area contributed by atoms with Gasteiger partial charge in [-0.1, -0.05) is 6.07 Å². The fourth-order valence-electron chi connectivity index (χ4n) is 3.46. The van der Waals surface area contributed by atoms with Gasteiger partial charge in [-0.3, -0.25) is 0 Å². The number of guanidine groups is 1. The molecule has 1 fully saturated rings. The fourth-order valence-corrected chi connectivity index (χ4v) is 3.46. The van der Waals surface area contributed by atoms with E-state index >= 15 is 0 Å². The lowest BCUT2D eigenvalue weighted by Gasteiger charge is -2.34. The predicted octanol–water partition coefficient (Wildman–Crippen LogP) is 2.62. The van der Waals surface area contributed by atoms with Crippen LogP contribution in [0.25, 0.3) is 0 Å². The summed E-state index contributed by atoms with van der Waals surface area (Å²) in [5.41, 5.74) is 0.942. The lowest BCUT2D eigenvalue weighted by molar-refractivity contribution is 0.195. The average molecular weight is 545 g/mol. The highest BCUT2D eigenvalue weighted by molar-refractivity contribution is 14.0. The smallest absolute Gasteiger partial charge is 0.191 e. The van der Waals surface area contributed by atoms with Crippen LogP contribution in [0.3, 0.4) is 0 Å². The van der Waals surface area contributed by atoms with Gasteiger partial charge < -0.3 is 24.8 Å². The second kappa shape index (κ2) is 12.8. The summed E-state index contributed by atoms with van der Waals surface area (Å²) in [7, 11) is 3.65. The molecule has 2 heterocycles. The van der Waals surface area contributed by atoms with Gasteiger partial charge in [0.05, 0.1) is 0 Å². The van der Waals surface area contributed by atoms with E-state index in [1.165, 1.54) is 6.07 Å². The summed E-state index contributed by atoms with van der Waals surface area (Å²) >= 11 is 0. The van der Waals surface area contributed by atoms with Crippen molar-refractivity contribution in [2.75, 3.05) is 38.3 Å². The quantitative estimate of drug-likeness (QED) is 0.230. The van der Waals surface area contributed by atoms with Crippen molar-refractivity contribution >= 4 is 35.6 Å². The van der Waals surface area contributed by atoms with Gasteiger partial charge in [0, 0.05) is 52.1 Å². The lowest BCUT2D eigenvalue weighted by Crippen LogP contribution is -2.49. The maximum Gasteiger partial charge on any atom is 0.191 e. The van der Waals surface area contributed by atoms with Crippen molar-refractivity contribution in [1.29, 1.82) is 0 Å². The molecule has 31 heavy (non-hydrogen) atoms. The molecule has 2 aromatic rings. The zero-order chi connectivity index (χ0) is 21.3. The molecular weight excluding hydrogens is 512 g/mol. The highest BCUT2D eigenvalue weighted by atomic mass is 127. The minimum Gasteiger partial charge on any atom is -0.385 e. The van der Waals surface area contributed by atoms with Crippen molar-refractivity contribution < 1.29 is 9.13 Å². The number of piperidine rings is 1. The Balaban J connectivity index is 0.00000341. The number of methoxy groups -OCH3 is 1. The number of hydrogen-bond donors (Lipinski definition) is 2. The van der Waals surface area contributed by atoms with Crippen molar-refractivity contribution in [2.45, 2.75) is 38.8 Å². The molecule has 1 saturated heterocycles. The summed E-state index contributed by atoms with van der Waals surface area (Å²) in [5.74, 6) is 2.27. The number of benzene rings is 1. The summed E-state index contributed by atoms with van der Waals surface area (Å²) in [6.45, 7) is 5.61. The number of anilines is 1. The van der Waals surface area contributed by atoms with E-state index in [4.69, 9.17) is 9.73 Å². The van der Waals surface area contributed by atoms with E-state index in [-0.39, 0.29) is 29.8 Å². The molecule has 1 aliphatic heterocycles. The second-order valence-electron chi connectivity index (χ2n) is 7.55. The molecule has 2 N–H and O–H groups in total. The normalized spacial score (nSPS) is 15.0. The third-order valence-corrected chi connectivity index (χ3v) is 5.39. The molecule has 10 heteroatoms. The average Bonchev–Trinajstić information content (AvgIpc) is 3.07.